The lowest BCUT2D eigenvalue weighted by atomic mass is 10.0. The van der Waals surface area contributed by atoms with Crippen molar-refractivity contribution in [2.24, 2.45) is 0 Å². The number of rotatable bonds is 5. The number of carbonyl (C=O) groups excluding carboxylic acids is 2. The highest BCUT2D eigenvalue weighted by atomic mass is 16.2. The summed E-state index contributed by atoms with van der Waals surface area (Å²) in [5.41, 5.74) is 2.02. The monoisotopic (exact) mass is 316 g/mol. The fraction of sp³-hybridized carbons (Fsp3) is 0.412. The van der Waals surface area contributed by atoms with Crippen molar-refractivity contribution >= 4 is 22.8 Å². The minimum Gasteiger partial charge on any atom is -0.361 e. The summed E-state index contributed by atoms with van der Waals surface area (Å²) in [6.45, 7) is 3.79. The van der Waals surface area contributed by atoms with Crippen LogP contribution in [0.4, 0.5) is 4.79 Å². The Hall–Kier alpha value is -2.50. The number of carbonyl (C=O) groups is 2. The summed E-state index contributed by atoms with van der Waals surface area (Å²) < 4.78 is 0. The summed E-state index contributed by atoms with van der Waals surface area (Å²) >= 11 is 0. The lowest BCUT2D eigenvalue weighted by Gasteiger charge is -2.22. The predicted octanol–water partition coefficient (Wildman–Crippen LogP) is 1.87. The number of fused-ring (bicyclic) bond motifs is 1. The molecule has 124 valence electrons. The highest BCUT2D eigenvalue weighted by Gasteiger charge is 2.23. The molecule has 1 heterocycles. The first kappa shape index (κ1) is 16.9. The number of nitrogens with one attached hydrogen (secondary N) is 3. The van der Waals surface area contributed by atoms with E-state index in [1.165, 1.54) is 4.90 Å². The molecule has 3 amide bonds. The lowest BCUT2D eigenvalue weighted by Crippen LogP contribution is -2.52. The molecular weight excluding hydrogens is 292 g/mol. The molecule has 0 saturated carbocycles. The Labute approximate surface area is 136 Å². The Morgan fingerprint density at radius 3 is 2.52 bits per heavy atom. The van der Waals surface area contributed by atoms with Crippen molar-refractivity contribution in [1.29, 1.82) is 0 Å². The van der Waals surface area contributed by atoms with Crippen molar-refractivity contribution in [3.8, 4) is 0 Å². The molecule has 0 aliphatic rings. The van der Waals surface area contributed by atoms with E-state index in [9.17, 15) is 9.59 Å². The van der Waals surface area contributed by atoms with Crippen LogP contribution in [0, 0.1) is 0 Å². The van der Waals surface area contributed by atoms with E-state index in [2.05, 4.69) is 15.6 Å². The van der Waals surface area contributed by atoms with Gasteiger partial charge in [0, 0.05) is 43.7 Å². The molecule has 2 aromatic rings. The molecule has 0 radical (unpaired) electrons. The maximum absolute atomic E-state index is 12.4. The van der Waals surface area contributed by atoms with Gasteiger partial charge in [0.15, 0.2) is 0 Å². The quantitative estimate of drug-likeness (QED) is 0.787. The Morgan fingerprint density at radius 1 is 1.17 bits per heavy atom. The third-order valence-corrected chi connectivity index (χ3v) is 3.55. The van der Waals surface area contributed by atoms with Crippen LogP contribution in [0.1, 0.15) is 19.4 Å². The number of aromatic amines is 1. The van der Waals surface area contributed by atoms with E-state index >= 15 is 0 Å². The Balaban J connectivity index is 2.22. The number of hydrogen-bond donors (Lipinski definition) is 3. The zero-order valence-corrected chi connectivity index (χ0v) is 14.0. The first-order valence-electron chi connectivity index (χ1n) is 7.71. The minimum absolute atomic E-state index is 0.0178. The van der Waals surface area contributed by atoms with E-state index in [1.54, 1.807) is 14.1 Å². The van der Waals surface area contributed by atoms with E-state index in [4.69, 9.17) is 0 Å². The molecule has 0 fully saturated rings. The predicted molar refractivity (Wildman–Crippen MR) is 91.3 cm³/mol. The number of aromatic nitrogens is 1. The molecule has 6 nitrogen and oxygen atoms in total. The van der Waals surface area contributed by atoms with Gasteiger partial charge in [0.1, 0.15) is 6.04 Å². The van der Waals surface area contributed by atoms with Gasteiger partial charge >= 0.3 is 6.03 Å². The largest absolute Gasteiger partial charge is 0.361 e. The molecule has 0 aliphatic carbocycles. The van der Waals surface area contributed by atoms with Gasteiger partial charge in [0.25, 0.3) is 0 Å². The van der Waals surface area contributed by atoms with E-state index in [1.807, 2.05) is 44.3 Å². The molecule has 0 aliphatic heterocycles. The molecule has 2 rings (SSSR count). The second kappa shape index (κ2) is 7.17. The molecule has 1 atom stereocenters. The van der Waals surface area contributed by atoms with Crippen molar-refractivity contribution in [1.82, 2.24) is 20.5 Å². The molecule has 0 saturated heterocycles. The molecular formula is C17H24N4O2. The number of nitrogens with zero attached hydrogens (tertiary/aromatic N) is 1. The average molecular weight is 316 g/mol. The zero-order chi connectivity index (χ0) is 17.0. The van der Waals surface area contributed by atoms with Gasteiger partial charge < -0.3 is 20.5 Å². The van der Waals surface area contributed by atoms with Gasteiger partial charge in [-0.25, -0.2) is 4.79 Å². The molecule has 1 aromatic carbocycles. The summed E-state index contributed by atoms with van der Waals surface area (Å²) in [5.74, 6) is -0.180. The Bertz CT molecular complexity index is 691. The van der Waals surface area contributed by atoms with Gasteiger partial charge in [0.2, 0.25) is 5.91 Å². The van der Waals surface area contributed by atoms with Gasteiger partial charge in [0.05, 0.1) is 0 Å². The van der Waals surface area contributed by atoms with Gasteiger partial charge in [-0.2, -0.15) is 0 Å². The number of benzene rings is 1. The third-order valence-electron chi connectivity index (χ3n) is 3.55. The lowest BCUT2D eigenvalue weighted by molar-refractivity contribution is -0.123. The molecule has 3 N–H and O–H groups in total. The average Bonchev–Trinajstić information content (AvgIpc) is 2.89. The molecule has 0 spiro atoms. The van der Waals surface area contributed by atoms with Crippen LogP contribution in [0.5, 0.6) is 0 Å². The van der Waals surface area contributed by atoms with Crippen LogP contribution in [0.25, 0.3) is 10.9 Å². The minimum atomic E-state index is -0.619. The van der Waals surface area contributed by atoms with Gasteiger partial charge in [-0.05, 0) is 25.5 Å². The van der Waals surface area contributed by atoms with E-state index in [-0.39, 0.29) is 18.0 Å². The van der Waals surface area contributed by atoms with Crippen LogP contribution >= 0.6 is 0 Å². The van der Waals surface area contributed by atoms with Crippen LogP contribution in [-0.4, -0.2) is 48.0 Å². The summed E-state index contributed by atoms with van der Waals surface area (Å²) in [4.78, 5) is 29.0. The van der Waals surface area contributed by atoms with Crippen molar-refractivity contribution in [2.75, 3.05) is 14.1 Å². The Kier molecular flexibility index (Phi) is 5.26. The van der Waals surface area contributed by atoms with Gasteiger partial charge in [-0.1, -0.05) is 18.2 Å². The third kappa shape index (κ3) is 4.25. The first-order valence-corrected chi connectivity index (χ1v) is 7.71. The van der Waals surface area contributed by atoms with E-state index in [0.29, 0.717) is 6.42 Å². The molecule has 0 bridgehead atoms. The fourth-order valence-electron chi connectivity index (χ4n) is 2.39. The SMILES string of the molecule is CC(C)NC(=O)[C@H](Cc1c[nH]c2ccccc12)NC(=O)N(C)C. The maximum Gasteiger partial charge on any atom is 0.317 e. The van der Waals surface area contributed by atoms with Crippen molar-refractivity contribution in [2.45, 2.75) is 32.4 Å². The Morgan fingerprint density at radius 2 is 1.87 bits per heavy atom. The molecule has 1 aromatic heterocycles. The number of urea groups is 1. The van der Waals surface area contributed by atoms with Gasteiger partial charge in [-0.3, -0.25) is 4.79 Å². The van der Waals surface area contributed by atoms with E-state index in [0.717, 1.165) is 16.5 Å². The van der Waals surface area contributed by atoms with E-state index < -0.39 is 6.04 Å². The fourth-order valence-corrected chi connectivity index (χ4v) is 2.39. The molecule has 0 unspecified atom stereocenters. The standard InChI is InChI=1S/C17H24N4O2/c1-11(2)19-16(22)15(20-17(23)21(3)4)9-12-10-18-14-8-6-5-7-13(12)14/h5-8,10-11,15,18H,9H2,1-4H3,(H,19,22)(H,20,23)/t15-/m0/s1. The second-order valence-electron chi connectivity index (χ2n) is 6.12. The number of para-hydroxylation sites is 1. The van der Waals surface area contributed by atoms with Crippen molar-refractivity contribution < 1.29 is 9.59 Å². The molecule has 23 heavy (non-hydrogen) atoms. The highest BCUT2D eigenvalue weighted by molar-refractivity contribution is 5.89. The normalized spacial score (nSPS) is 12.2. The number of H-pyrrole nitrogens is 1. The summed E-state index contributed by atoms with van der Waals surface area (Å²) in [6.07, 6.45) is 2.32. The summed E-state index contributed by atoms with van der Waals surface area (Å²) in [6, 6.07) is 7.03. The smallest absolute Gasteiger partial charge is 0.317 e. The number of amides is 3. The summed E-state index contributed by atoms with van der Waals surface area (Å²) in [7, 11) is 3.30. The van der Waals surface area contributed by atoms with Crippen molar-refractivity contribution in [3.05, 3.63) is 36.0 Å². The molecule has 6 heteroatoms. The highest BCUT2D eigenvalue weighted by Crippen LogP contribution is 2.19. The topological polar surface area (TPSA) is 77.2 Å². The maximum atomic E-state index is 12.4. The van der Waals surface area contributed by atoms with Gasteiger partial charge in [-0.15, -0.1) is 0 Å². The number of hydrogen-bond acceptors (Lipinski definition) is 2. The second-order valence-corrected chi connectivity index (χ2v) is 6.12. The van der Waals surface area contributed by atoms with Crippen LogP contribution < -0.4 is 10.6 Å². The van der Waals surface area contributed by atoms with Crippen molar-refractivity contribution in [3.63, 3.8) is 0 Å². The first-order chi connectivity index (χ1) is 10.9. The van der Waals surface area contributed by atoms with Crippen LogP contribution in [0.2, 0.25) is 0 Å². The summed E-state index contributed by atoms with van der Waals surface area (Å²) in [5, 5.41) is 6.71. The zero-order valence-electron chi connectivity index (χ0n) is 14.0. The van der Waals surface area contributed by atoms with Crippen LogP contribution in [0.15, 0.2) is 30.5 Å². The van der Waals surface area contributed by atoms with Crippen LogP contribution in [0.3, 0.4) is 0 Å². The van der Waals surface area contributed by atoms with Crippen LogP contribution in [-0.2, 0) is 11.2 Å².